The molecular formula is C15H30IN3O. The van der Waals surface area contributed by atoms with E-state index in [0.717, 1.165) is 30.3 Å². The van der Waals surface area contributed by atoms with Gasteiger partial charge in [-0.15, -0.1) is 24.0 Å². The highest BCUT2D eigenvalue weighted by atomic mass is 127. The molecule has 0 aromatic rings. The molecule has 0 radical (unpaired) electrons. The van der Waals surface area contributed by atoms with Crippen LogP contribution in [0.3, 0.4) is 0 Å². The van der Waals surface area contributed by atoms with Crippen LogP contribution in [0.2, 0.25) is 0 Å². The molecule has 0 aliphatic heterocycles. The van der Waals surface area contributed by atoms with E-state index in [1.54, 1.807) is 7.11 Å². The number of rotatable bonds is 6. The Morgan fingerprint density at radius 1 is 1.35 bits per heavy atom. The fourth-order valence-corrected chi connectivity index (χ4v) is 3.83. The van der Waals surface area contributed by atoms with E-state index in [4.69, 9.17) is 4.74 Å². The summed E-state index contributed by atoms with van der Waals surface area (Å²) in [5.74, 6) is 3.93. The number of nitrogens with one attached hydrogen (secondary N) is 2. The summed E-state index contributed by atoms with van der Waals surface area (Å²) >= 11 is 0. The summed E-state index contributed by atoms with van der Waals surface area (Å²) in [6.07, 6.45) is 7.24. The number of methoxy groups -OCH3 is 1. The van der Waals surface area contributed by atoms with Crippen LogP contribution in [0.5, 0.6) is 0 Å². The summed E-state index contributed by atoms with van der Waals surface area (Å²) in [6.45, 7) is 3.84. The first-order valence-electron chi connectivity index (χ1n) is 7.69. The molecule has 0 aromatic heterocycles. The second-order valence-corrected chi connectivity index (χ2v) is 6.22. The Labute approximate surface area is 140 Å². The van der Waals surface area contributed by atoms with E-state index in [1.807, 2.05) is 7.05 Å². The first-order chi connectivity index (χ1) is 9.22. The first-order valence-corrected chi connectivity index (χ1v) is 7.69. The normalized spacial score (nSPS) is 29.9. The Morgan fingerprint density at radius 3 is 2.70 bits per heavy atom. The van der Waals surface area contributed by atoms with Crippen molar-refractivity contribution >= 4 is 29.9 Å². The van der Waals surface area contributed by atoms with Crippen molar-refractivity contribution < 1.29 is 4.74 Å². The van der Waals surface area contributed by atoms with Gasteiger partial charge in [0.2, 0.25) is 0 Å². The molecule has 4 nitrogen and oxygen atoms in total. The van der Waals surface area contributed by atoms with Gasteiger partial charge in [0.15, 0.2) is 5.96 Å². The predicted octanol–water partition coefficient (Wildman–Crippen LogP) is 2.63. The average molecular weight is 395 g/mol. The van der Waals surface area contributed by atoms with Crippen LogP contribution < -0.4 is 10.6 Å². The van der Waals surface area contributed by atoms with E-state index in [2.05, 4.69) is 22.5 Å². The number of aliphatic imine (C=N–C) groups is 1. The molecule has 4 unspecified atom stereocenters. The van der Waals surface area contributed by atoms with Crippen LogP contribution in [0.25, 0.3) is 0 Å². The number of ether oxygens (including phenoxy) is 1. The summed E-state index contributed by atoms with van der Waals surface area (Å²) in [7, 11) is 3.55. The van der Waals surface area contributed by atoms with E-state index < -0.39 is 0 Å². The quantitative estimate of drug-likeness (QED) is 0.413. The Morgan fingerprint density at radius 2 is 2.15 bits per heavy atom. The zero-order valence-corrected chi connectivity index (χ0v) is 15.4. The second-order valence-electron chi connectivity index (χ2n) is 6.22. The summed E-state index contributed by atoms with van der Waals surface area (Å²) in [6, 6.07) is 0.290. The number of hydrogen-bond donors (Lipinski definition) is 2. The van der Waals surface area contributed by atoms with Crippen molar-refractivity contribution in [2.45, 2.75) is 45.1 Å². The van der Waals surface area contributed by atoms with Gasteiger partial charge in [-0.05, 0) is 50.4 Å². The Bertz CT molecular complexity index is 311. The second kappa shape index (κ2) is 9.07. The number of halogens is 1. The van der Waals surface area contributed by atoms with Crippen LogP contribution in [0.4, 0.5) is 0 Å². The maximum atomic E-state index is 5.12. The van der Waals surface area contributed by atoms with Crippen LogP contribution in [-0.4, -0.2) is 39.3 Å². The minimum Gasteiger partial charge on any atom is -0.383 e. The number of guanidine groups is 1. The molecule has 0 amide bonds. The van der Waals surface area contributed by atoms with E-state index in [1.165, 1.54) is 32.1 Å². The molecule has 0 spiro atoms. The molecule has 5 heteroatoms. The average Bonchev–Trinajstić information content (AvgIpc) is 3.00. The Balaban J connectivity index is 0.00000200. The predicted molar refractivity (Wildman–Crippen MR) is 94.8 cm³/mol. The van der Waals surface area contributed by atoms with Gasteiger partial charge >= 0.3 is 0 Å². The number of hydrogen-bond acceptors (Lipinski definition) is 2. The molecule has 2 aliphatic carbocycles. The molecule has 118 valence electrons. The Hall–Kier alpha value is -0.0400. The minimum atomic E-state index is 0. The van der Waals surface area contributed by atoms with Crippen molar-refractivity contribution in [1.82, 2.24) is 10.6 Å². The molecule has 2 N–H and O–H groups in total. The highest BCUT2D eigenvalue weighted by Gasteiger charge is 2.38. The topological polar surface area (TPSA) is 45.7 Å². The standard InChI is InChI=1S/C15H29N3O.HI/c1-11(10-19-3)18-15(16-2)17-7-6-14-9-12-4-5-13(14)8-12;/h11-14H,4-10H2,1-3H3,(H2,16,17,18);1H. The number of fused-ring (bicyclic) bond motifs is 2. The molecule has 2 rings (SSSR count). The van der Waals surface area contributed by atoms with Gasteiger partial charge in [-0.1, -0.05) is 6.42 Å². The lowest BCUT2D eigenvalue weighted by atomic mass is 9.86. The van der Waals surface area contributed by atoms with Crippen molar-refractivity contribution in [3.8, 4) is 0 Å². The van der Waals surface area contributed by atoms with E-state index in [9.17, 15) is 0 Å². The van der Waals surface area contributed by atoms with Gasteiger partial charge in [0.1, 0.15) is 0 Å². The van der Waals surface area contributed by atoms with E-state index in [-0.39, 0.29) is 24.0 Å². The van der Waals surface area contributed by atoms with Gasteiger partial charge in [-0.25, -0.2) is 0 Å². The zero-order valence-electron chi connectivity index (χ0n) is 13.0. The maximum absolute atomic E-state index is 5.12. The van der Waals surface area contributed by atoms with Crippen molar-refractivity contribution in [3.63, 3.8) is 0 Å². The van der Waals surface area contributed by atoms with Gasteiger partial charge in [-0.2, -0.15) is 0 Å². The minimum absolute atomic E-state index is 0. The van der Waals surface area contributed by atoms with Crippen molar-refractivity contribution in [3.05, 3.63) is 0 Å². The molecule has 2 fully saturated rings. The van der Waals surface area contributed by atoms with Crippen LogP contribution >= 0.6 is 24.0 Å². The SMILES string of the molecule is CN=C(NCCC1CC2CCC1C2)NC(C)COC.I. The lowest BCUT2D eigenvalue weighted by molar-refractivity contribution is 0.179. The fraction of sp³-hybridized carbons (Fsp3) is 0.933. The largest absolute Gasteiger partial charge is 0.383 e. The highest BCUT2D eigenvalue weighted by Crippen LogP contribution is 2.49. The Kier molecular flexibility index (Phi) is 8.17. The molecular weight excluding hydrogens is 365 g/mol. The van der Waals surface area contributed by atoms with Gasteiger partial charge < -0.3 is 15.4 Å². The molecule has 20 heavy (non-hydrogen) atoms. The molecule has 2 bridgehead atoms. The van der Waals surface area contributed by atoms with Crippen LogP contribution in [0.1, 0.15) is 39.0 Å². The van der Waals surface area contributed by atoms with Gasteiger partial charge in [0.05, 0.1) is 6.61 Å². The third-order valence-corrected chi connectivity index (χ3v) is 4.72. The fourth-order valence-electron chi connectivity index (χ4n) is 3.83. The monoisotopic (exact) mass is 395 g/mol. The molecule has 0 aromatic carbocycles. The van der Waals surface area contributed by atoms with E-state index >= 15 is 0 Å². The maximum Gasteiger partial charge on any atom is 0.191 e. The van der Waals surface area contributed by atoms with Gasteiger partial charge in [-0.3, -0.25) is 4.99 Å². The third-order valence-electron chi connectivity index (χ3n) is 4.72. The van der Waals surface area contributed by atoms with Crippen molar-refractivity contribution in [1.29, 1.82) is 0 Å². The van der Waals surface area contributed by atoms with Crippen molar-refractivity contribution in [2.24, 2.45) is 22.7 Å². The molecule has 2 aliphatic rings. The van der Waals surface area contributed by atoms with Gasteiger partial charge in [0, 0.05) is 26.7 Å². The lowest BCUT2D eigenvalue weighted by Gasteiger charge is -2.23. The van der Waals surface area contributed by atoms with Crippen molar-refractivity contribution in [2.75, 3.05) is 27.3 Å². The van der Waals surface area contributed by atoms with Crippen LogP contribution in [0.15, 0.2) is 4.99 Å². The van der Waals surface area contributed by atoms with Crippen LogP contribution in [-0.2, 0) is 4.74 Å². The summed E-state index contributed by atoms with van der Waals surface area (Å²) in [4.78, 5) is 4.26. The smallest absolute Gasteiger partial charge is 0.191 e. The molecule has 0 heterocycles. The highest BCUT2D eigenvalue weighted by molar-refractivity contribution is 14.0. The summed E-state index contributed by atoms with van der Waals surface area (Å²) in [5.41, 5.74) is 0. The zero-order chi connectivity index (χ0) is 13.7. The van der Waals surface area contributed by atoms with Crippen LogP contribution in [0, 0.1) is 17.8 Å². The first kappa shape index (κ1) is 18.0. The van der Waals surface area contributed by atoms with E-state index in [0.29, 0.717) is 12.6 Å². The molecule has 2 saturated carbocycles. The van der Waals surface area contributed by atoms with Gasteiger partial charge in [0.25, 0.3) is 0 Å². The summed E-state index contributed by atoms with van der Waals surface area (Å²) in [5, 5.41) is 6.77. The summed E-state index contributed by atoms with van der Waals surface area (Å²) < 4.78 is 5.12. The molecule has 0 saturated heterocycles. The lowest BCUT2D eigenvalue weighted by Crippen LogP contribution is -2.44. The third kappa shape index (κ3) is 5.06. The molecule has 4 atom stereocenters. The number of nitrogens with zero attached hydrogens (tertiary/aromatic N) is 1.